The van der Waals surface area contributed by atoms with Gasteiger partial charge in [-0.1, -0.05) is 19.3 Å². The molecule has 0 spiro atoms. The molecule has 94 valence electrons. The van der Waals surface area contributed by atoms with Crippen molar-refractivity contribution in [3.63, 3.8) is 0 Å². The fraction of sp³-hybridized carbons (Fsp3) is 1.00. The summed E-state index contributed by atoms with van der Waals surface area (Å²) in [4.78, 5) is 0. The first-order valence-electron chi connectivity index (χ1n) is 6.32. The number of nitrogens with two attached hydrogens (primary N) is 1. The monoisotopic (exact) mass is 246 g/mol. The zero-order valence-electron chi connectivity index (χ0n) is 9.69. The van der Waals surface area contributed by atoms with Gasteiger partial charge >= 0.3 is 0 Å². The van der Waals surface area contributed by atoms with Gasteiger partial charge in [0.2, 0.25) is 10.0 Å². The molecule has 0 saturated heterocycles. The first kappa shape index (κ1) is 12.3. The molecule has 0 aliphatic heterocycles. The Hall–Kier alpha value is -0.130. The Bertz CT molecular complexity index is 325. The number of sulfonamides is 1. The molecule has 4 nitrogen and oxygen atoms in total. The van der Waals surface area contributed by atoms with E-state index in [1.54, 1.807) is 0 Å². The minimum absolute atomic E-state index is 0.00326. The molecule has 0 radical (unpaired) electrons. The predicted molar refractivity (Wildman–Crippen MR) is 64.5 cm³/mol. The van der Waals surface area contributed by atoms with E-state index in [1.165, 1.54) is 6.42 Å². The van der Waals surface area contributed by atoms with Crippen molar-refractivity contribution in [1.29, 1.82) is 0 Å². The highest BCUT2D eigenvalue weighted by Crippen LogP contribution is 2.30. The lowest BCUT2D eigenvalue weighted by Crippen LogP contribution is -2.47. The molecule has 0 aromatic carbocycles. The summed E-state index contributed by atoms with van der Waals surface area (Å²) in [6.45, 7) is 0. The number of hydrogen-bond donors (Lipinski definition) is 2. The van der Waals surface area contributed by atoms with Crippen LogP contribution in [0.3, 0.4) is 0 Å². The molecule has 0 heterocycles. The molecule has 3 N–H and O–H groups in total. The molecule has 2 aliphatic rings. The van der Waals surface area contributed by atoms with Gasteiger partial charge in [0.15, 0.2) is 0 Å². The topological polar surface area (TPSA) is 72.2 Å². The second-order valence-corrected chi connectivity index (χ2v) is 7.05. The fourth-order valence-corrected chi connectivity index (χ4v) is 4.16. The van der Waals surface area contributed by atoms with E-state index in [4.69, 9.17) is 5.73 Å². The Morgan fingerprint density at radius 3 is 2.44 bits per heavy atom. The van der Waals surface area contributed by atoms with E-state index in [0.29, 0.717) is 11.7 Å². The molecule has 0 aromatic rings. The summed E-state index contributed by atoms with van der Waals surface area (Å²) in [6.07, 6.45) is 7.36. The summed E-state index contributed by atoms with van der Waals surface area (Å²) >= 11 is 0. The van der Waals surface area contributed by atoms with Gasteiger partial charge in [0.05, 0.1) is 5.75 Å². The molecule has 2 aliphatic carbocycles. The van der Waals surface area contributed by atoms with Crippen LogP contribution in [0, 0.1) is 5.92 Å². The van der Waals surface area contributed by atoms with E-state index in [0.717, 1.165) is 38.5 Å². The zero-order chi connectivity index (χ0) is 11.6. The Morgan fingerprint density at radius 2 is 1.75 bits per heavy atom. The van der Waals surface area contributed by atoms with Crippen molar-refractivity contribution < 1.29 is 8.42 Å². The number of hydrogen-bond acceptors (Lipinski definition) is 3. The lowest BCUT2D eigenvalue weighted by atomic mass is 10.1. The molecule has 16 heavy (non-hydrogen) atoms. The summed E-state index contributed by atoms with van der Waals surface area (Å²) in [7, 11) is -3.10. The van der Waals surface area contributed by atoms with Gasteiger partial charge in [0, 0.05) is 12.1 Å². The third-order valence-corrected chi connectivity index (χ3v) is 5.12. The van der Waals surface area contributed by atoms with E-state index in [2.05, 4.69) is 4.72 Å². The first-order chi connectivity index (χ1) is 7.57. The minimum Gasteiger partial charge on any atom is -0.326 e. The summed E-state index contributed by atoms with van der Waals surface area (Å²) < 4.78 is 26.5. The lowest BCUT2D eigenvalue weighted by Gasteiger charge is -2.22. The highest BCUT2D eigenvalue weighted by molar-refractivity contribution is 7.89. The van der Waals surface area contributed by atoms with Gasteiger partial charge in [-0.15, -0.1) is 0 Å². The van der Waals surface area contributed by atoms with Gasteiger partial charge in [0.1, 0.15) is 0 Å². The van der Waals surface area contributed by atoms with Gasteiger partial charge < -0.3 is 5.73 Å². The van der Waals surface area contributed by atoms with E-state index in [1.807, 2.05) is 0 Å². The number of nitrogens with one attached hydrogen (secondary N) is 1. The highest BCUT2D eigenvalue weighted by atomic mass is 32.2. The van der Waals surface area contributed by atoms with Crippen LogP contribution in [0.4, 0.5) is 0 Å². The minimum atomic E-state index is -3.10. The molecule has 0 amide bonds. The fourth-order valence-electron chi connectivity index (χ4n) is 2.36. The maximum atomic E-state index is 11.8. The van der Waals surface area contributed by atoms with Crippen molar-refractivity contribution >= 4 is 10.0 Å². The second kappa shape index (κ2) is 5.02. The van der Waals surface area contributed by atoms with Crippen LogP contribution in [0.15, 0.2) is 0 Å². The normalized spacial score (nSPS) is 32.3. The molecule has 2 saturated carbocycles. The smallest absolute Gasteiger partial charge is 0.212 e. The van der Waals surface area contributed by atoms with Crippen LogP contribution < -0.4 is 10.5 Å². The molecule has 2 rings (SSSR count). The molecular formula is C11H22N2O2S. The Balaban J connectivity index is 1.90. The van der Waals surface area contributed by atoms with Crippen molar-refractivity contribution in [3.05, 3.63) is 0 Å². The summed E-state index contributed by atoms with van der Waals surface area (Å²) in [5.41, 5.74) is 6.01. The van der Waals surface area contributed by atoms with Crippen LogP contribution in [0.1, 0.15) is 44.9 Å². The van der Waals surface area contributed by atoms with E-state index in [-0.39, 0.29) is 12.1 Å². The zero-order valence-corrected chi connectivity index (χ0v) is 10.5. The Morgan fingerprint density at radius 1 is 1.06 bits per heavy atom. The van der Waals surface area contributed by atoms with Gasteiger partial charge in [-0.2, -0.15) is 0 Å². The van der Waals surface area contributed by atoms with Crippen LogP contribution in [-0.4, -0.2) is 26.3 Å². The second-order valence-electron chi connectivity index (χ2n) is 5.25. The average molecular weight is 246 g/mol. The molecule has 2 atom stereocenters. The molecule has 5 heteroatoms. The van der Waals surface area contributed by atoms with Gasteiger partial charge in [-0.05, 0) is 31.6 Å². The van der Waals surface area contributed by atoms with E-state index < -0.39 is 10.0 Å². The maximum Gasteiger partial charge on any atom is 0.212 e. The molecule has 0 bridgehead atoms. The Labute approximate surface area is 98.0 Å². The van der Waals surface area contributed by atoms with Gasteiger partial charge in [-0.3, -0.25) is 0 Å². The molecule has 2 unspecified atom stereocenters. The lowest BCUT2D eigenvalue weighted by molar-refractivity contribution is 0.455. The average Bonchev–Trinajstić information content (AvgIpc) is 2.97. The summed E-state index contributed by atoms with van der Waals surface area (Å²) in [5.74, 6) is 0.704. The van der Waals surface area contributed by atoms with Crippen LogP contribution in [0.25, 0.3) is 0 Å². The largest absolute Gasteiger partial charge is 0.326 e. The van der Waals surface area contributed by atoms with Gasteiger partial charge in [0.25, 0.3) is 0 Å². The van der Waals surface area contributed by atoms with E-state index in [9.17, 15) is 8.42 Å². The highest BCUT2D eigenvalue weighted by Gasteiger charge is 2.31. The van der Waals surface area contributed by atoms with Crippen LogP contribution in [0.5, 0.6) is 0 Å². The Kier molecular flexibility index (Phi) is 3.87. The van der Waals surface area contributed by atoms with Crippen molar-refractivity contribution in [2.24, 2.45) is 11.7 Å². The SMILES string of the molecule is NC1CCCCCC1NS(=O)(=O)CC1CC1. The summed E-state index contributed by atoms with van der Waals surface area (Å²) in [5, 5.41) is 0. The van der Waals surface area contributed by atoms with E-state index >= 15 is 0 Å². The standard InChI is InChI=1S/C11H22N2O2S/c12-10-4-2-1-3-5-11(10)13-16(14,15)8-9-6-7-9/h9-11,13H,1-8,12H2. The number of rotatable bonds is 4. The van der Waals surface area contributed by atoms with Gasteiger partial charge in [-0.25, -0.2) is 13.1 Å². The van der Waals surface area contributed by atoms with Crippen molar-refractivity contribution in [1.82, 2.24) is 4.72 Å². The predicted octanol–water partition coefficient (Wildman–Crippen LogP) is 0.976. The van der Waals surface area contributed by atoms with Crippen molar-refractivity contribution in [2.75, 3.05) is 5.75 Å². The molecule has 0 aromatic heterocycles. The third-order valence-electron chi connectivity index (χ3n) is 3.55. The van der Waals surface area contributed by atoms with Crippen molar-refractivity contribution in [2.45, 2.75) is 57.0 Å². The van der Waals surface area contributed by atoms with Crippen molar-refractivity contribution in [3.8, 4) is 0 Å². The van der Waals surface area contributed by atoms with Crippen LogP contribution in [-0.2, 0) is 10.0 Å². The third kappa shape index (κ3) is 3.71. The van der Waals surface area contributed by atoms with Crippen LogP contribution in [0.2, 0.25) is 0 Å². The molecular weight excluding hydrogens is 224 g/mol. The maximum absolute atomic E-state index is 11.8. The molecule has 2 fully saturated rings. The summed E-state index contributed by atoms with van der Waals surface area (Å²) in [6, 6.07) is -0.0391. The first-order valence-corrected chi connectivity index (χ1v) is 7.97. The quantitative estimate of drug-likeness (QED) is 0.726. The van der Waals surface area contributed by atoms with Crippen LogP contribution >= 0.6 is 0 Å².